The summed E-state index contributed by atoms with van der Waals surface area (Å²) in [6, 6.07) is 4.18. The van der Waals surface area contributed by atoms with Gasteiger partial charge < -0.3 is 15.3 Å². The number of pyridine rings is 1. The van der Waals surface area contributed by atoms with Crippen LogP contribution in [-0.2, 0) is 6.54 Å². The molecule has 2 rings (SSSR count). The largest absolute Gasteiger partial charge is 0.506 e. The van der Waals surface area contributed by atoms with Crippen LogP contribution in [-0.4, -0.2) is 41.2 Å². The van der Waals surface area contributed by atoms with E-state index in [1.165, 1.54) is 32.0 Å². The number of nitrogens with zero attached hydrogens (tertiary/aromatic N) is 2. The van der Waals surface area contributed by atoms with Gasteiger partial charge in [-0.1, -0.05) is 6.42 Å². The summed E-state index contributed by atoms with van der Waals surface area (Å²) in [6.07, 6.45) is 5.44. The molecule has 1 unspecified atom stereocenters. The topological polar surface area (TPSA) is 48.4 Å². The molecule has 0 saturated carbocycles. The molecule has 94 valence electrons. The van der Waals surface area contributed by atoms with Gasteiger partial charge >= 0.3 is 0 Å². The fourth-order valence-corrected chi connectivity index (χ4v) is 2.29. The molecule has 1 aromatic rings. The molecule has 1 aromatic heterocycles. The van der Waals surface area contributed by atoms with E-state index in [-0.39, 0.29) is 5.75 Å². The number of piperidine rings is 1. The predicted molar refractivity (Wildman–Crippen MR) is 67.9 cm³/mol. The zero-order valence-electron chi connectivity index (χ0n) is 10.4. The van der Waals surface area contributed by atoms with E-state index in [1.807, 2.05) is 6.07 Å². The highest BCUT2D eigenvalue weighted by molar-refractivity contribution is 5.17. The molecule has 1 fully saturated rings. The van der Waals surface area contributed by atoms with E-state index in [1.54, 1.807) is 6.07 Å². The maximum Gasteiger partial charge on any atom is 0.133 e. The zero-order chi connectivity index (χ0) is 12.1. The predicted octanol–water partition coefficient (Wildman–Crippen LogP) is 1.36. The van der Waals surface area contributed by atoms with Gasteiger partial charge in [-0.05, 0) is 38.6 Å². The molecule has 2 N–H and O–H groups in total. The second kappa shape index (κ2) is 5.98. The van der Waals surface area contributed by atoms with Crippen molar-refractivity contribution in [1.82, 2.24) is 15.2 Å². The molecule has 4 nitrogen and oxygen atoms in total. The van der Waals surface area contributed by atoms with Crippen LogP contribution in [0.2, 0.25) is 0 Å². The normalized spacial score (nSPS) is 21.6. The first-order valence-corrected chi connectivity index (χ1v) is 6.30. The second-order valence-corrected chi connectivity index (χ2v) is 4.77. The summed E-state index contributed by atoms with van der Waals surface area (Å²) in [5.74, 6) is 0.223. The van der Waals surface area contributed by atoms with Crippen LogP contribution in [0.1, 0.15) is 25.0 Å². The van der Waals surface area contributed by atoms with E-state index in [4.69, 9.17) is 5.11 Å². The van der Waals surface area contributed by atoms with Gasteiger partial charge in [0.2, 0.25) is 0 Å². The number of aromatic nitrogens is 1. The minimum atomic E-state index is 0.223. The van der Waals surface area contributed by atoms with E-state index >= 15 is 0 Å². The number of likely N-dealkylation sites (tertiary alicyclic amines) is 1. The van der Waals surface area contributed by atoms with Gasteiger partial charge in [-0.25, -0.2) is 0 Å². The Bertz CT molecular complexity index is 339. The van der Waals surface area contributed by atoms with Crippen molar-refractivity contribution in [1.29, 1.82) is 0 Å². The highest BCUT2D eigenvalue weighted by Gasteiger charge is 2.17. The Hall–Kier alpha value is -1.13. The third-order valence-electron chi connectivity index (χ3n) is 3.42. The van der Waals surface area contributed by atoms with Gasteiger partial charge in [0.15, 0.2) is 0 Å². The van der Waals surface area contributed by atoms with Crippen LogP contribution >= 0.6 is 0 Å². The van der Waals surface area contributed by atoms with Gasteiger partial charge in [0.05, 0.1) is 11.9 Å². The van der Waals surface area contributed by atoms with E-state index in [2.05, 4.69) is 22.2 Å². The third-order valence-corrected chi connectivity index (χ3v) is 3.42. The van der Waals surface area contributed by atoms with Gasteiger partial charge in [0.25, 0.3) is 0 Å². The van der Waals surface area contributed by atoms with Gasteiger partial charge in [0.1, 0.15) is 5.75 Å². The molecule has 0 bridgehead atoms. The fourth-order valence-electron chi connectivity index (χ4n) is 2.29. The van der Waals surface area contributed by atoms with Gasteiger partial charge in [-0.2, -0.15) is 0 Å². The molecule has 0 aliphatic carbocycles. The highest BCUT2D eigenvalue weighted by atomic mass is 16.3. The van der Waals surface area contributed by atoms with Gasteiger partial charge in [-0.15, -0.1) is 0 Å². The SMILES string of the molecule is CN1CCCCC1CNCc1ccc(O)cn1. The average molecular weight is 235 g/mol. The first-order chi connectivity index (χ1) is 8.25. The highest BCUT2D eigenvalue weighted by Crippen LogP contribution is 2.14. The van der Waals surface area contributed by atoms with E-state index in [0.717, 1.165) is 18.8 Å². The van der Waals surface area contributed by atoms with Crippen molar-refractivity contribution in [3.8, 4) is 5.75 Å². The molecule has 0 amide bonds. The summed E-state index contributed by atoms with van der Waals surface area (Å²) >= 11 is 0. The Morgan fingerprint density at radius 3 is 3.06 bits per heavy atom. The lowest BCUT2D eigenvalue weighted by Crippen LogP contribution is -2.42. The van der Waals surface area contributed by atoms with Crippen molar-refractivity contribution in [3.05, 3.63) is 24.0 Å². The van der Waals surface area contributed by atoms with Crippen molar-refractivity contribution in [2.45, 2.75) is 31.8 Å². The van der Waals surface area contributed by atoms with Crippen LogP contribution < -0.4 is 5.32 Å². The van der Waals surface area contributed by atoms with Crippen molar-refractivity contribution >= 4 is 0 Å². The van der Waals surface area contributed by atoms with Crippen molar-refractivity contribution in [3.63, 3.8) is 0 Å². The number of hydrogen-bond donors (Lipinski definition) is 2. The molecule has 0 spiro atoms. The lowest BCUT2D eigenvalue weighted by atomic mass is 10.0. The summed E-state index contributed by atoms with van der Waals surface area (Å²) in [5.41, 5.74) is 0.973. The molecular weight excluding hydrogens is 214 g/mol. The quantitative estimate of drug-likeness (QED) is 0.827. The Labute approximate surface area is 103 Å². The van der Waals surface area contributed by atoms with E-state index in [9.17, 15) is 0 Å². The lowest BCUT2D eigenvalue weighted by molar-refractivity contribution is 0.181. The first kappa shape index (κ1) is 12.3. The minimum absolute atomic E-state index is 0.223. The summed E-state index contributed by atoms with van der Waals surface area (Å²) < 4.78 is 0. The summed E-state index contributed by atoms with van der Waals surface area (Å²) in [6.45, 7) is 2.99. The molecule has 1 aliphatic heterocycles. The second-order valence-electron chi connectivity index (χ2n) is 4.77. The number of aromatic hydroxyl groups is 1. The average Bonchev–Trinajstić information content (AvgIpc) is 2.34. The maximum atomic E-state index is 9.13. The number of hydrogen-bond acceptors (Lipinski definition) is 4. The lowest BCUT2D eigenvalue weighted by Gasteiger charge is -2.32. The molecule has 1 atom stereocenters. The standard InChI is InChI=1S/C13H21N3O/c1-16-7-3-2-4-12(16)9-14-8-11-5-6-13(17)10-15-11/h5-6,10,12,14,17H,2-4,7-9H2,1H3. The molecule has 1 saturated heterocycles. The zero-order valence-corrected chi connectivity index (χ0v) is 10.4. The first-order valence-electron chi connectivity index (χ1n) is 6.30. The van der Waals surface area contributed by atoms with Gasteiger partial charge in [-0.3, -0.25) is 4.98 Å². The summed E-state index contributed by atoms with van der Waals surface area (Å²) in [7, 11) is 2.20. The van der Waals surface area contributed by atoms with Crippen molar-refractivity contribution in [2.24, 2.45) is 0 Å². The monoisotopic (exact) mass is 235 g/mol. The maximum absolute atomic E-state index is 9.13. The Morgan fingerprint density at radius 2 is 2.35 bits per heavy atom. The molecule has 0 aromatic carbocycles. The van der Waals surface area contributed by atoms with Crippen molar-refractivity contribution in [2.75, 3.05) is 20.1 Å². The fraction of sp³-hybridized carbons (Fsp3) is 0.615. The molecule has 17 heavy (non-hydrogen) atoms. The van der Waals surface area contributed by atoms with Crippen LogP contribution in [0.4, 0.5) is 0 Å². The number of nitrogens with one attached hydrogen (secondary N) is 1. The molecule has 1 aliphatic rings. The summed E-state index contributed by atoms with van der Waals surface area (Å²) in [5, 5.41) is 12.6. The Morgan fingerprint density at radius 1 is 1.47 bits per heavy atom. The number of rotatable bonds is 4. The summed E-state index contributed by atoms with van der Waals surface area (Å²) in [4.78, 5) is 6.59. The molecule has 2 heterocycles. The Balaban J connectivity index is 1.73. The van der Waals surface area contributed by atoms with Gasteiger partial charge in [0, 0.05) is 19.1 Å². The minimum Gasteiger partial charge on any atom is -0.506 e. The smallest absolute Gasteiger partial charge is 0.133 e. The molecule has 4 heteroatoms. The molecular formula is C13H21N3O. The molecule has 0 radical (unpaired) electrons. The Kier molecular flexibility index (Phi) is 4.34. The van der Waals surface area contributed by atoms with Crippen molar-refractivity contribution < 1.29 is 5.11 Å². The van der Waals surface area contributed by atoms with E-state index < -0.39 is 0 Å². The number of likely N-dealkylation sites (N-methyl/N-ethyl adjacent to an activating group) is 1. The third kappa shape index (κ3) is 3.68. The van der Waals surface area contributed by atoms with Crippen LogP contribution in [0.3, 0.4) is 0 Å². The van der Waals surface area contributed by atoms with Crippen LogP contribution in [0.15, 0.2) is 18.3 Å². The van der Waals surface area contributed by atoms with Crippen LogP contribution in [0.25, 0.3) is 0 Å². The van der Waals surface area contributed by atoms with E-state index in [0.29, 0.717) is 6.04 Å². The van der Waals surface area contributed by atoms with Crippen LogP contribution in [0.5, 0.6) is 5.75 Å². The van der Waals surface area contributed by atoms with Crippen LogP contribution in [0, 0.1) is 0 Å².